The van der Waals surface area contributed by atoms with Crippen molar-refractivity contribution in [2.45, 2.75) is 39.2 Å². The zero-order valence-corrected chi connectivity index (χ0v) is 15.9. The Kier molecular flexibility index (Phi) is 4.36. The lowest BCUT2D eigenvalue weighted by atomic mass is 9.75. The van der Waals surface area contributed by atoms with Crippen molar-refractivity contribution in [2.24, 2.45) is 5.92 Å². The minimum atomic E-state index is 0.350. The number of allylic oxidation sites excluding steroid dienone is 2. The van der Waals surface area contributed by atoms with Gasteiger partial charge in [0, 0.05) is 11.6 Å². The van der Waals surface area contributed by atoms with E-state index in [0.717, 1.165) is 12.2 Å². The number of ether oxygens (including phenoxy) is 1. The largest absolute Gasteiger partial charge is 0.490 e. The normalized spacial score (nSPS) is 23.1. The highest BCUT2D eigenvalue weighted by atomic mass is 16.5. The molecule has 3 unspecified atom stereocenters. The van der Waals surface area contributed by atoms with Crippen LogP contribution in [-0.4, -0.2) is 6.61 Å². The number of nitrogens with one attached hydrogen (secondary N) is 1. The first-order valence-corrected chi connectivity index (χ1v) is 9.47. The van der Waals surface area contributed by atoms with Gasteiger partial charge in [-0.2, -0.15) is 0 Å². The predicted molar refractivity (Wildman–Crippen MR) is 109 cm³/mol. The molecule has 0 radical (unpaired) electrons. The Hall–Kier alpha value is -2.48. The first-order chi connectivity index (χ1) is 12.6. The van der Waals surface area contributed by atoms with Crippen molar-refractivity contribution in [2.75, 3.05) is 11.9 Å². The second-order valence-corrected chi connectivity index (χ2v) is 7.64. The summed E-state index contributed by atoms with van der Waals surface area (Å²) >= 11 is 0. The monoisotopic (exact) mass is 345 g/mol. The average molecular weight is 345 g/mol. The molecule has 2 aromatic rings. The topological polar surface area (TPSA) is 21.3 Å². The predicted octanol–water partition coefficient (Wildman–Crippen LogP) is 6.00. The van der Waals surface area contributed by atoms with Gasteiger partial charge < -0.3 is 10.1 Å². The minimum absolute atomic E-state index is 0.350. The van der Waals surface area contributed by atoms with E-state index in [1.54, 1.807) is 6.08 Å². The first kappa shape index (κ1) is 17.0. The third-order valence-electron chi connectivity index (χ3n) is 5.75. The summed E-state index contributed by atoms with van der Waals surface area (Å²) < 4.78 is 5.76. The molecule has 0 spiro atoms. The maximum Gasteiger partial charge on any atom is 0.120 e. The Morgan fingerprint density at radius 3 is 2.65 bits per heavy atom. The average Bonchev–Trinajstić information content (AvgIpc) is 3.09. The van der Waals surface area contributed by atoms with Crippen LogP contribution in [0, 0.1) is 26.7 Å². The van der Waals surface area contributed by atoms with Gasteiger partial charge in [-0.05, 0) is 73.6 Å². The maximum atomic E-state index is 5.76. The van der Waals surface area contributed by atoms with Crippen molar-refractivity contribution < 1.29 is 4.74 Å². The van der Waals surface area contributed by atoms with Crippen LogP contribution in [0.15, 0.2) is 55.1 Å². The molecule has 0 aromatic heterocycles. The Morgan fingerprint density at radius 1 is 1.15 bits per heavy atom. The van der Waals surface area contributed by atoms with E-state index >= 15 is 0 Å². The van der Waals surface area contributed by atoms with Crippen molar-refractivity contribution in [3.63, 3.8) is 0 Å². The van der Waals surface area contributed by atoms with Crippen LogP contribution in [0.4, 0.5) is 5.69 Å². The molecular formula is C24H27NO. The molecule has 0 bridgehead atoms. The molecule has 2 aliphatic rings. The molecular weight excluding hydrogens is 318 g/mol. The molecule has 0 amide bonds. The second-order valence-electron chi connectivity index (χ2n) is 7.64. The van der Waals surface area contributed by atoms with Gasteiger partial charge in [-0.15, -0.1) is 0 Å². The van der Waals surface area contributed by atoms with Gasteiger partial charge in [0.15, 0.2) is 0 Å². The van der Waals surface area contributed by atoms with Gasteiger partial charge in [-0.3, -0.25) is 0 Å². The molecule has 1 aliphatic heterocycles. The Labute approximate surface area is 156 Å². The fraction of sp³-hybridized carbons (Fsp3) is 0.333. The lowest BCUT2D eigenvalue weighted by molar-refractivity contribution is 0.361. The van der Waals surface area contributed by atoms with E-state index in [1.807, 2.05) is 0 Å². The van der Waals surface area contributed by atoms with Crippen molar-refractivity contribution in [3.05, 3.63) is 83.0 Å². The number of rotatable bonds is 4. The zero-order valence-electron chi connectivity index (χ0n) is 15.9. The first-order valence-electron chi connectivity index (χ1n) is 9.47. The summed E-state index contributed by atoms with van der Waals surface area (Å²) in [6, 6.07) is 11.4. The number of benzene rings is 2. The SMILES string of the molecule is C=CCOc1ccc2c(c1)C1C=CCC1C(c1c(C)cc(C)cc1C)N2. The molecule has 1 aliphatic carbocycles. The van der Waals surface area contributed by atoms with E-state index in [-0.39, 0.29) is 0 Å². The Morgan fingerprint density at radius 2 is 1.92 bits per heavy atom. The number of aryl methyl sites for hydroxylation is 3. The lowest BCUT2D eigenvalue weighted by Gasteiger charge is -2.39. The molecule has 2 heteroatoms. The van der Waals surface area contributed by atoms with Gasteiger partial charge in [0.1, 0.15) is 12.4 Å². The highest BCUT2D eigenvalue weighted by Gasteiger charge is 2.39. The number of anilines is 1. The summed E-state index contributed by atoms with van der Waals surface area (Å²) in [5.74, 6) is 1.92. The van der Waals surface area contributed by atoms with Crippen LogP contribution in [0.5, 0.6) is 5.75 Å². The molecule has 3 atom stereocenters. The van der Waals surface area contributed by atoms with Crippen LogP contribution in [0.25, 0.3) is 0 Å². The van der Waals surface area contributed by atoms with E-state index in [9.17, 15) is 0 Å². The van der Waals surface area contributed by atoms with Gasteiger partial charge in [-0.25, -0.2) is 0 Å². The fourth-order valence-electron chi connectivity index (χ4n) is 4.78. The van der Waals surface area contributed by atoms with Gasteiger partial charge in [-0.1, -0.05) is 42.5 Å². The molecule has 0 saturated heterocycles. The molecule has 134 valence electrons. The van der Waals surface area contributed by atoms with Gasteiger partial charge in [0.2, 0.25) is 0 Å². The third kappa shape index (κ3) is 2.84. The van der Waals surface area contributed by atoms with Crippen molar-refractivity contribution >= 4 is 5.69 Å². The van der Waals surface area contributed by atoms with Crippen LogP contribution in [-0.2, 0) is 0 Å². The summed E-state index contributed by atoms with van der Waals surface area (Å²) in [7, 11) is 0. The van der Waals surface area contributed by atoms with E-state index < -0.39 is 0 Å². The van der Waals surface area contributed by atoms with Crippen LogP contribution in [0.1, 0.15) is 46.2 Å². The number of hydrogen-bond acceptors (Lipinski definition) is 2. The summed E-state index contributed by atoms with van der Waals surface area (Å²) in [6.45, 7) is 10.9. The second kappa shape index (κ2) is 6.68. The summed E-state index contributed by atoms with van der Waals surface area (Å²) in [4.78, 5) is 0. The lowest BCUT2D eigenvalue weighted by Crippen LogP contribution is -2.30. The van der Waals surface area contributed by atoms with E-state index in [2.05, 4.69) is 75.2 Å². The molecule has 26 heavy (non-hydrogen) atoms. The Bertz CT molecular complexity index is 857. The molecule has 1 heterocycles. The highest BCUT2D eigenvalue weighted by molar-refractivity contribution is 5.62. The molecule has 1 N–H and O–H groups in total. The van der Waals surface area contributed by atoms with Crippen molar-refractivity contribution in [3.8, 4) is 5.75 Å². The van der Waals surface area contributed by atoms with Crippen molar-refractivity contribution in [1.29, 1.82) is 0 Å². The zero-order chi connectivity index (χ0) is 18.3. The molecule has 0 saturated carbocycles. The number of hydrogen-bond donors (Lipinski definition) is 1. The summed E-state index contributed by atoms with van der Waals surface area (Å²) in [5.41, 5.74) is 8.16. The molecule has 4 rings (SSSR count). The van der Waals surface area contributed by atoms with Gasteiger partial charge >= 0.3 is 0 Å². The maximum absolute atomic E-state index is 5.76. The van der Waals surface area contributed by atoms with Gasteiger partial charge in [0.25, 0.3) is 0 Å². The number of fused-ring (bicyclic) bond motifs is 3. The van der Waals surface area contributed by atoms with Crippen LogP contribution < -0.4 is 10.1 Å². The molecule has 2 aromatic carbocycles. The smallest absolute Gasteiger partial charge is 0.120 e. The van der Waals surface area contributed by atoms with Crippen LogP contribution in [0.2, 0.25) is 0 Å². The molecule has 0 fully saturated rings. The van der Waals surface area contributed by atoms with Crippen LogP contribution >= 0.6 is 0 Å². The van der Waals surface area contributed by atoms with Crippen LogP contribution in [0.3, 0.4) is 0 Å². The third-order valence-corrected chi connectivity index (χ3v) is 5.75. The standard InChI is InChI=1S/C24H27NO/c1-5-11-26-18-9-10-22-21(14-18)19-7-6-8-20(19)24(25-22)23-16(3)12-15(2)13-17(23)4/h5-7,9-10,12-14,19-20,24-25H,1,8,11H2,2-4H3. The summed E-state index contributed by atoms with van der Waals surface area (Å²) in [6.07, 6.45) is 7.63. The van der Waals surface area contributed by atoms with E-state index in [4.69, 9.17) is 4.74 Å². The van der Waals surface area contributed by atoms with Gasteiger partial charge in [0.05, 0.1) is 6.04 Å². The molecule has 2 nitrogen and oxygen atoms in total. The van der Waals surface area contributed by atoms with Crippen molar-refractivity contribution in [1.82, 2.24) is 0 Å². The summed E-state index contributed by atoms with van der Waals surface area (Å²) in [5, 5.41) is 3.85. The quantitative estimate of drug-likeness (QED) is 0.686. The highest BCUT2D eigenvalue weighted by Crippen LogP contribution is 2.51. The minimum Gasteiger partial charge on any atom is -0.490 e. The van der Waals surface area contributed by atoms with E-state index in [0.29, 0.717) is 24.5 Å². The Balaban J connectivity index is 1.75. The fourth-order valence-corrected chi connectivity index (χ4v) is 4.78. The van der Waals surface area contributed by atoms with E-state index in [1.165, 1.54) is 33.5 Å².